The molecule has 0 unspecified atom stereocenters. The fourth-order valence-electron chi connectivity index (χ4n) is 1.76. The number of nitrogens with zero attached hydrogens (tertiary/aromatic N) is 1. The summed E-state index contributed by atoms with van der Waals surface area (Å²) in [6.07, 6.45) is 1.80. The van der Waals surface area contributed by atoms with E-state index in [0.29, 0.717) is 6.61 Å². The van der Waals surface area contributed by atoms with Crippen LogP contribution in [0.4, 0.5) is 0 Å². The molecule has 2 nitrogen and oxygen atoms in total. The van der Waals surface area contributed by atoms with Gasteiger partial charge in [0.2, 0.25) is 0 Å². The molecule has 1 aromatic heterocycles. The Labute approximate surface area is 106 Å². The van der Waals surface area contributed by atoms with Crippen molar-refractivity contribution in [2.75, 3.05) is 0 Å². The fourth-order valence-corrected chi connectivity index (χ4v) is 1.76. The SMILES string of the molecule is Cl.Cl.c1ccc2c(c1)OCc1ncccc1-2. The van der Waals surface area contributed by atoms with E-state index >= 15 is 0 Å². The van der Waals surface area contributed by atoms with Crippen LogP contribution in [-0.2, 0) is 6.61 Å². The molecule has 2 heterocycles. The Kier molecular flexibility index (Phi) is 4.16. The van der Waals surface area contributed by atoms with Gasteiger partial charge >= 0.3 is 0 Å². The van der Waals surface area contributed by atoms with Gasteiger partial charge < -0.3 is 4.74 Å². The van der Waals surface area contributed by atoms with Gasteiger partial charge in [-0.15, -0.1) is 24.8 Å². The first-order valence-corrected chi connectivity index (χ1v) is 4.61. The average Bonchev–Trinajstić information content (AvgIpc) is 2.29. The van der Waals surface area contributed by atoms with Crippen molar-refractivity contribution < 1.29 is 4.74 Å². The van der Waals surface area contributed by atoms with Crippen molar-refractivity contribution in [2.24, 2.45) is 0 Å². The number of rotatable bonds is 0. The quantitative estimate of drug-likeness (QED) is 0.719. The summed E-state index contributed by atoms with van der Waals surface area (Å²) in [5.74, 6) is 0.952. The number of ether oxygens (including phenoxy) is 1. The van der Waals surface area contributed by atoms with Crippen molar-refractivity contribution in [3.63, 3.8) is 0 Å². The van der Waals surface area contributed by atoms with E-state index in [1.165, 1.54) is 5.56 Å². The number of fused-ring (bicyclic) bond motifs is 3. The summed E-state index contributed by atoms with van der Waals surface area (Å²) in [5.41, 5.74) is 3.35. The highest BCUT2D eigenvalue weighted by molar-refractivity contribution is 5.85. The zero-order valence-corrected chi connectivity index (χ0v) is 10.1. The summed E-state index contributed by atoms with van der Waals surface area (Å²) in [7, 11) is 0. The van der Waals surface area contributed by atoms with E-state index in [0.717, 1.165) is 17.0 Å². The van der Waals surface area contributed by atoms with Gasteiger partial charge in [0.1, 0.15) is 12.4 Å². The molecular weight excluding hydrogens is 245 g/mol. The molecule has 0 saturated carbocycles. The van der Waals surface area contributed by atoms with Crippen LogP contribution in [0.25, 0.3) is 11.1 Å². The Morgan fingerprint density at radius 1 is 0.938 bits per heavy atom. The van der Waals surface area contributed by atoms with Crippen LogP contribution in [0.1, 0.15) is 5.69 Å². The van der Waals surface area contributed by atoms with Gasteiger partial charge in [0.15, 0.2) is 0 Å². The van der Waals surface area contributed by atoms with E-state index in [2.05, 4.69) is 17.1 Å². The summed E-state index contributed by atoms with van der Waals surface area (Å²) in [6.45, 7) is 0.577. The topological polar surface area (TPSA) is 22.1 Å². The van der Waals surface area contributed by atoms with Crippen molar-refractivity contribution in [3.05, 3.63) is 48.3 Å². The molecule has 2 aromatic rings. The maximum absolute atomic E-state index is 5.59. The monoisotopic (exact) mass is 255 g/mol. The minimum atomic E-state index is 0. The highest BCUT2D eigenvalue weighted by Crippen LogP contribution is 2.35. The normalized spacial score (nSPS) is 11.0. The molecule has 1 aliphatic heterocycles. The summed E-state index contributed by atoms with van der Waals surface area (Å²) < 4.78 is 5.59. The zero-order chi connectivity index (χ0) is 9.38. The van der Waals surface area contributed by atoms with Crippen molar-refractivity contribution in [2.45, 2.75) is 6.61 Å². The fraction of sp³-hybridized carbons (Fsp3) is 0.0833. The molecule has 0 atom stereocenters. The lowest BCUT2D eigenvalue weighted by Crippen LogP contribution is -2.06. The molecule has 4 heteroatoms. The van der Waals surface area contributed by atoms with Crippen molar-refractivity contribution in [1.82, 2.24) is 4.98 Å². The minimum absolute atomic E-state index is 0. The van der Waals surface area contributed by atoms with E-state index in [9.17, 15) is 0 Å². The number of pyridine rings is 1. The third-order valence-electron chi connectivity index (χ3n) is 2.43. The smallest absolute Gasteiger partial charge is 0.131 e. The molecule has 84 valence electrons. The van der Waals surface area contributed by atoms with Crippen LogP contribution >= 0.6 is 24.8 Å². The Hall–Kier alpha value is -1.25. The van der Waals surface area contributed by atoms with Crippen LogP contribution in [0.3, 0.4) is 0 Å². The second kappa shape index (κ2) is 5.19. The van der Waals surface area contributed by atoms with Gasteiger partial charge in [0.05, 0.1) is 5.69 Å². The van der Waals surface area contributed by atoms with Crippen molar-refractivity contribution in [1.29, 1.82) is 0 Å². The first kappa shape index (κ1) is 12.8. The van der Waals surface area contributed by atoms with Gasteiger partial charge in [0, 0.05) is 17.3 Å². The molecule has 0 amide bonds. The lowest BCUT2D eigenvalue weighted by Gasteiger charge is -2.19. The van der Waals surface area contributed by atoms with Gasteiger partial charge in [-0.1, -0.05) is 24.3 Å². The highest BCUT2D eigenvalue weighted by Gasteiger charge is 2.16. The highest BCUT2D eigenvalue weighted by atomic mass is 35.5. The van der Waals surface area contributed by atoms with E-state index in [-0.39, 0.29) is 24.8 Å². The maximum atomic E-state index is 5.59. The third kappa shape index (κ3) is 1.99. The Morgan fingerprint density at radius 2 is 1.69 bits per heavy atom. The van der Waals surface area contributed by atoms with Gasteiger partial charge in [-0.25, -0.2) is 0 Å². The molecule has 0 saturated heterocycles. The standard InChI is InChI=1S/C12H9NO.2ClH/c1-2-6-12-10(4-1)9-5-3-7-13-11(9)8-14-12;;/h1-7H,8H2;2*1H. The number of hydrogen-bond donors (Lipinski definition) is 0. The lowest BCUT2D eigenvalue weighted by molar-refractivity contribution is 0.297. The molecule has 1 aromatic carbocycles. The first-order chi connectivity index (χ1) is 6.95. The summed E-state index contributed by atoms with van der Waals surface area (Å²) in [6, 6.07) is 12.1. The predicted octanol–water partition coefficient (Wildman–Crippen LogP) is 3.48. The first-order valence-electron chi connectivity index (χ1n) is 4.61. The Morgan fingerprint density at radius 3 is 2.56 bits per heavy atom. The van der Waals surface area contributed by atoms with Crippen molar-refractivity contribution >= 4 is 24.8 Å². The number of benzene rings is 1. The van der Waals surface area contributed by atoms with Gasteiger partial charge in [-0.05, 0) is 12.1 Å². The van der Waals surface area contributed by atoms with Crippen LogP contribution in [0, 0.1) is 0 Å². The number of hydrogen-bond acceptors (Lipinski definition) is 2. The van der Waals surface area contributed by atoms with Gasteiger partial charge in [-0.2, -0.15) is 0 Å². The third-order valence-corrected chi connectivity index (χ3v) is 2.43. The molecule has 0 radical (unpaired) electrons. The lowest BCUT2D eigenvalue weighted by atomic mass is 10.0. The maximum Gasteiger partial charge on any atom is 0.131 e. The van der Waals surface area contributed by atoms with Crippen LogP contribution in [0.5, 0.6) is 5.75 Å². The Bertz CT molecular complexity index is 442. The van der Waals surface area contributed by atoms with Crippen LogP contribution in [0.2, 0.25) is 0 Å². The molecular formula is C12H11Cl2NO. The van der Waals surface area contributed by atoms with Crippen LogP contribution in [0.15, 0.2) is 42.6 Å². The Balaban J connectivity index is 0.000000640. The summed E-state index contributed by atoms with van der Waals surface area (Å²) >= 11 is 0. The molecule has 0 bridgehead atoms. The van der Waals surface area contributed by atoms with Crippen LogP contribution in [-0.4, -0.2) is 4.98 Å². The minimum Gasteiger partial charge on any atom is -0.487 e. The molecule has 0 spiro atoms. The van der Waals surface area contributed by atoms with E-state index < -0.39 is 0 Å². The average molecular weight is 256 g/mol. The molecule has 1 aliphatic rings. The molecule has 0 N–H and O–H groups in total. The van der Waals surface area contributed by atoms with Crippen molar-refractivity contribution in [3.8, 4) is 16.9 Å². The largest absolute Gasteiger partial charge is 0.487 e. The van der Waals surface area contributed by atoms with E-state index in [1.807, 2.05) is 24.3 Å². The number of aromatic nitrogens is 1. The predicted molar refractivity (Wildman–Crippen MR) is 68.5 cm³/mol. The van der Waals surface area contributed by atoms with E-state index in [1.54, 1.807) is 6.20 Å². The molecule has 0 aliphatic carbocycles. The second-order valence-electron chi connectivity index (χ2n) is 3.28. The van der Waals surface area contributed by atoms with Gasteiger partial charge in [-0.3, -0.25) is 4.98 Å². The number of para-hydroxylation sites is 1. The summed E-state index contributed by atoms with van der Waals surface area (Å²) in [5, 5.41) is 0. The van der Waals surface area contributed by atoms with E-state index in [4.69, 9.17) is 4.74 Å². The molecule has 16 heavy (non-hydrogen) atoms. The molecule has 3 rings (SSSR count). The summed E-state index contributed by atoms with van der Waals surface area (Å²) in [4.78, 5) is 4.29. The second-order valence-corrected chi connectivity index (χ2v) is 3.28. The zero-order valence-electron chi connectivity index (χ0n) is 8.42. The molecule has 0 fully saturated rings. The van der Waals surface area contributed by atoms with Gasteiger partial charge in [0.25, 0.3) is 0 Å². The number of halogens is 2. The van der Waals surface area contributed by atoms with Crippen LogP contribution < -0.4 is 4.74 Å².